The molecule has 10 heterocycles. The maximum Gasteiger partial charge on any atom is 0.334 e. The summed E-state index contributed by atoms with van der Waals surface area (Å²) >= 11 is 0. The molecule has 3 aromatic heterocycles. The Labute approximate surface area is 842 Å². The number of morpholine rings is 1. The molecule has 36 heteroatoms. The number of carbonyl (C=O) groups excluding carboxylic acids is 9. The molecule has 0 aliphatic carbocycles. The summed E-state index contributed by atoms with van der Waals surface area (Å²) < 4.78 is 11.2. The van der Waals surface area contributed by atoms with Gasteiger partial charge in [-0.15, -0.1) is 6.42 Å². The van der Waals surface area contributed by atoms with E-state index in [0.717, 1.165) is 121 Å². The van der Waals surface area contributed by atoms with Crippen molar-refractivity contribution in [1.82, 2.24) is 110 Å². The summed E-state index contributed by atoms with van der Waals surface area (Å²) in [6, 6.07) is 70.5. The Bertz CT molecular complexity index is 6800. The van der Waals surface area contributed by atoms with Crippen LogP contribution in [0, 0.1) is 12.3 Å². The lowest BCUT2D eigenvalue weighted by molar-refractivity contribution is -0.187. The van der Waals surface area contributed by atoms with Crippen molar-refractivity contribution in [3.05, 3.63) is 317 Å². The van der Waals surface area contributed by atoms with E-state index in [1.165, 1.54) is 0 Å². The molecule has 20 rings (SSSR count). The van der Waals surface area contributed by atoms with Crippen molar-refractivity contribution in [2.75, 3.05) is 99.0 Å². The third-order valence-corrected chi connectivity index (χ3v) is 27.0. The molecule has 7 aliphatic rings. The van der Waals surface area contributed by atoms with Crippen LogP contribution < -0.4 is 21.7 Å². The van der Waals surface area contributed by atoms with Crippen molar-refractivity contribution in [3.8, 4) is 29.6 Å². The van der Waals surface area contributed by atoms with Gasteiger partial charge in [0.15, 0.2) is 0 Å². The van der Waals surface area contributed by atoms with E-state index in [9.17, 15) is 58.5 Å². The van der Waals surface area contributed by atoms with Crippen LogP contribution in [0.4, 0.5) is 20.1 Å². The summed E-state index contributed by atoms with van der Waals surface area (Å²) in [5.41, 5.74) is 18.3. The number of para-hydroxylation sites is 2. The first-order valence-electron chi connectivity index (χ1n) is 47.4. The minimum absolute atomic E-state index is 0. The molecule has 12 amide bonds. The van der Waals surface area contributed by atoms with Crippen molar-refractivity contribution in [2.24, 2.45) is 0 Å². The number of fused-ring (bicyclic) bond motifs is 6. The van der Waals surface area contributed by atoms with Crippen LogP contribution in [0.25, 0.3) is 32.7 Å². The maximum atomic E-state index is 14.5. The van der Waals surface area contributed by atoms with Gasteiger partial charge in [0.05, 0.1) is 101 Å². The van der Waals surface area contributed by atoms with Crippen molar-refractivity contribution in [3.63, 3.8) is 0 Å². The third kappa shape index (κ3) is 23.3. The van der Waals surface area contributed by atoms with Gasteiger partial charge < -0.3 is 71.1 Å². The molecule has 8 N–H and O–H groups in total. The number of amides is 12. The molecule has 7 fully saturated rings. The van der Waals surface area contributed by atoms with Crippen LogP contribution in [-0.2, 0) is 112 Å². The van der Waals surface area contributed by atoms with Crippen LogP contribution in [-0.4, -0.2) is 292 Å². The normalized spacial score (nSPS) is 18.8. The van der Waals surface area contributed by atoms with Gasteiger partial charge in [-0.1, -0.05) is 216 Å². The van der Waals surface area contributed by atoms with Crippen LogP contribution in [0.3, 0.4) is 0 Å². The minimum Gasteiger partial charge on any atom is -0.508 e. The number of phenolic OH excluding ortho intramolecular Hbond substituents is 3. The number of rotatable bonds is 24. The smallest absolute Gasteiger partial charge is 0.334 e. The van der Waals surface area contributed by atoms with E-state index >= 15 is 0 Å². The van der Waals surface area contributed by atoms with Crippen molar-refractivity contribution in [2.45, 2.75) is 137 Å². The zero-order valence-electron chi connectivity index (χ0n) is 79.1. The fourth-order valence-corrected chi connectivity index (χ4v) is 20.0. The minimum atomic E-state index is -0.870. The summed E-state index contributed by atoms with van der Waals surface area (Å²) in [7, 11) is 5.14. The predicted molar refractivity (Wildman–Crippen MR) is 550 cm³/mol. The highest BCUT2D eigenvalue weighted by Gasteiger charge is 2.55. The first-order valence-corrected chi connectivity index (χ1v) is 47.4. The second-order valence-electron chi connectivity index (χ2n) is 36.6. The molecule has 0 bridgehead atoms. The standard InChI is InChI=1S/C37H38N8O4.C36H42N8O5.C33H33N7O4.3CH4/c1-41-24-34(47)44-32(18-25-13-15-31(46)16-14-25)36(48)42(23-33(44)45(41)37(49)39-19-26-7-3-2-4-8-26)22-29-11-6-10-28-20-40-43(35(28)29)21-27-9-5-12-30(38)17-27;1-39-25-33(46)43-31(20-26-10-12-30(45)13-11-26)35(47)41(24-32(43)44(39)36(48)37-21-27-6-3-2-4-7-27)23-29-9-5-8-28-22-38-42(34(28)29)15-14-40-16-18-49-19-17-40;1-3-15-38-28-17-25(9-12-26(28)19-35-38)20-37-21-30-39(29(32(37)43)16-23-10-13-27(41)14-11-23)31(42)22-36(2)40(30)33(44)34-18-24-7-5-4-6-8-24;;;/h2-17,20,32-33,46H,18-19,21-24,38H2,1H3,(H,39,49);2-13,22,31-32,45H,14-21,23-25H2,1H3,(H,37,48);1,4-14,17,19,29-30,41H,15-16,18,20-22H2,2H3,(H,34,44);3*1H4/t32-,33-;31-,32-;29-,30-;;;/m000.../s1. The van der Waals surface area contributed by atoms with E-state index in [-0.39, 0.29) is 171 Å². The van der Waals surface area contributed by atoms with Gasteiger partial charge in [0.2, 0.25) is 35.4 Å². The van der Waals surface area contributed by atoms with Gasteiger partial charge >= 0.3 is 18.1 Å². The summed E-state index contributed by atoms with van der Waals surface area (Å²) in [6.45, 7) is 7.54. The predicted octanol–water partition coefficient (Wildman–Crippen LogP) is 10.3. The number of nitrogens with zero attached hydrogens (tertiary/aromatic N) is 19. The molecule has 145 heavy (non-hydrogen) atoms. The van der Waals surface area contributed by atoms with E-state index in [1.807, 2.05) is 192 Å². The molecule has 7 saturated heterocycles. The third-order valence-electron chi connectivity index (χ3n) is 27.0. The lowest BCUT2D eigenvalue weighted by atomic mass is 9.98. The molecule has 7 aliphatic heterocycles. The highest BCUT2D eigenvalue weighted by atomic mass is 16.5. The number of hydrazine groups is 3. The number of carbonyl (C=O) groups is 9. The molecule has 13 aromatic rings. The average Bonchev–Trinajstić information content (AvgIpc) is 1.64. The van der Waals surface area contributed by atoms with Crippen molar-refractivity contribution < 1.29 is 63.2 Å². The van der Waals surface area contributed by atoms with Gasteiger partial charge in [-0.25, -0.2) is 44.4 Å². The van der Waals surface area contributed by atoms with Crippen LogP contribution in [0.5, 0.6) is 17.2 Å². The molecule has 754 valence electrons. The number of phenols is 3. The number of aromatic hydroxyl groups is 3. The second kappa shape index (κ2) is 46.2. The van der Waals surface area contributed by atoms with E-state index < -0.39 is 36.6 Å². The molecule has 0 radical (unpaired) electrons. The zero-order chi connectivity index (χ0) is 98.8. The number of likely N-dealkylation sites (N-methyl/N-ethyl adjacent to an activating group) is 3. The number of ether oxygens (including phenoxy) is 1. The highest BCUT2D eigenvalue weighted by molar-refractivity contribution is 5.95. The molecular formula is C109H125N23O13. The SMILES string of the molecule is C.C.C.C#CCn1ncc2ccc(CN3C[C@H]4N(C(=O)CN(C)N4C(=O)NCc4ccccc4)[C@@H](Cc4ccc(O)cc4)C3=O)cc21.CN1CC(=O)N2[C@@H](Cc3ccc(O)cc3)C(=O)N(Cc3cccc4cnn(CCN5CCOCC5)c34)C[C@@H]2N1C(=O)NCc1ccccc1.CN1CC(=O)N2[C@@H](Cc3ccc(O)cc3)C(=O)N(Cc3cccc4cnn(Cc5cccc(N)c5)c34)C[C@@H]2N1C(=O)NCc1ccccc1. The monoisotopic (exact) mass is 1960 g/mol. The van der Waals surface area contributed by atoms with Gasteiger partial charge in [-0.2, -0.15) is 15.3 Å². The number of nitrogens with one attached hydrogen (secondary N) is 3. The number of hydrogen-bond donors (Lipinski definition) is 7. The van der Waals surface area contributed by atoms with Gasteiger partial charge in [0.1, 0.15) is 60.4 Å². The Hall–Kier alpha value is -16.2. The van der Waals surface area contributed by atoms with Gasteiger partial charge in [0.25, 0.3) is 0 Å². The zero-order valence-corrected chi connectivity index (χ0v) is 79.1. The summed E-state index contributed by atoms with van der Waals surface area (Å²) in [5.74, 6) is 1.63. The van der Waals surface area contributed by atoms with Crippen molar-refractivity contribution >= 4 is 91.9 Å². The number of hydrogen-bond acceptors (Lipinski definition) is 21. The number of nitrogens with two attached hydrogens (primary N) is 1. The number of anilines is 1. The number of benzene rings is 10. The van der Waals surface area contributed by atoms with E-state index in [4.69, 9.17) is 22.0 Å². The van der Waals surface area contributed by atoms with Gasteiger partial charge in [-0.3, -0.25) is 47.7 Å². The van der Waals surface area contributed by atoms with Gasteiger partial charge in [0, 0.05) is 121 Å². The molecule has 0 saturated carbocycles. The van der Waals surface area contributed by atoms with Crippen LogP contribution in [0.2, 0.25) is 0 Å². The first-order chi connectivity index (χ1) is 68.9. The molecule has 36 nitrogen and oxygen atoms in total. The Morgan fingerprint density at radius 2 is 0.759 bits per heavy atom. The Kier molecular flexibility index (Phi) is 32.9. The van der Waals surface area contributed by atoms with E-state index in [1.54, 1.807) is 164 Å². The molecule has 0 unspecified atom stereocenters. The van der Waals surface area contributed by atoms with E-state index in [0.29, 0.717) is 45.0 Å². The summed E-state index contributed by atoms with van der Waals surface area (Å²) in [6.07, 6.45) is 9.43. The second-order valence-corrected chi connectivity index (χ2v) is 36.6. The number of piperazine rings is 3. The largest absolute Gasteiger partial charge is 0.508 e. The van der Waals surface area contributed by atoms with E-state index in [2.05, 4.69) is 37.0 Å². The fraction of sp³-hybridized carbons (Fsp3) is 0.321. The summed E-state index contributed by atoms with van der Waals surface area (Å²) in [5, 5.41) is 64.7. The maximum absolute atomic E-state index is 14.5. The first kappa shape index (κ1) is 103. The van der Waals surface area contributed by atoms with Crippen LogP contribution >= 0.6 is 0 Å². The molecule has 6 atom stereocenters. The van der Waals surface area contributed by atoms with Crippen molar-refractivity contribution in [1.29, 1.82) is 0 Å². The lowest BCUT2D eigenvalue weighted by Gasteiger charge is -2.54. The molecular weight excluding hydrogens is 1840 g/mol. The number of terminal acetylenes is 1. The number of aromatic nitrogens is 6. The van der Waals surface area contributed by atoms with Gasteiger partial charge in [-0.05, 0) is 110 Å². The fourth-order valence-electron chi connectivity index (χ4n) is 20.0. The Morgan fingerprint density at radius 3 is 1.17 bits per heavy atom. The van der Waals surface area contributed by atoms with Crippen LogP contribution in [0.1, 0.15) is 77.9 Å². The molecule has 0 spiro atoms. The summed E-state index contributed by atoms with van der Waals surface area (Å²) in [4.78, 5) is 138. The van der Waals surface area contributed by atoms with Crippen LogP contribution in [0.15, 0.2) is 261 Å². The topological polar surface area (TPSA) is 381 Å². The quantitative estimate of drug-likeness (QED) is 0.0218. The number of urea groups is 3. The number of nitrogen functional groups attached to an aromatic ring is 1. The Balaban J connectivity index is 0.000000162. The average molecular weight is 1970 g/mol. The lowest BCUT2D eigenvalue weighted by Crippen LogP contribution is -2.76. The Morgan fingerprint density at radius 1 is 0.400 bits per heavy atom. The highest BCUT2D eigenvalue weighted by Crippen LogP contribution is 2.37. The molecule has 10 aromatic carbocycles.